The zero-order valence-electron chi connectivity index (χ0n) is 16.5. The van der Waals surface area contributed by atoms with Crippen molar-refractivity contribution < 1.29 is 27.4 Å². The number of nitrogens with zero attached hydrogens (tertiary/aromatic N) is 1. The van der Waals surface area contributed by atoms with Gasteiger partial charge >= 0.3 is 0 Å². The maximum Gasteiger partial charge on any atom is 0.243 e. The number of carbonyl (C=O) groups is 1. The highest BCUT2D eigenvalue weighted by molar-refractivity contribution is 7.89. The second-order valence-corrected chi connectivity index (χ2v) is 8.90. The summed E-state index contributed by atoms with van der Waals surface area (Å²) in [6, 6.07) is 11.6. The number of allylic oxidation sites excluding steroid dienone is 1. The van der Waals surface area contributed by atoms with Gasteiger partial charge in [0.1, 0.15) is 0 Å². The molecule has 8 heteroatoms. The minimum Gasteiger partial charge on any atom is -0.490 e. The van der Waals surface area contributed by atoms with Crippen LogP contribution in [-0.4, -0.2) is 58.0 Å². The first kappa shape index (κ1) is 20.6. The molecule has 0 spiro atoms. The fraction of sp³-hybridized carbons (Fsp3) is 0.318. The first-order valence-electron chi connectivity index (χ1n) is 9.85. The average molecular weight is 429 g/mol. The van der Waals surface area contributed by atoms with Gasteiger partial charge in [-0.05, 0) is 42.5 Å². The monoisotopic (exact) mass is 429 g/mol. The van der Waals surface area contributed by atoms with Crippen molar-refractivity contribution in [1.82, 2.24) is 4.31 Å². The Morgan fingerprint density at radius 2 is 1.67 bits per heavy atom. The molecule has 2 aliphatic rings. The molecule has 2 heterocycles. The average Bonchev–Trinajstić information content (AvgIpc) is 3.04. The van der Waals surface area contributed by atoms with E-state index >= 15 is 0 Å². The first-order chi connectivity index (χ1) is 14.6. The number of carbonyl (C=O) groups excluding carboxylic acids is 1. The number of benzene rings is 2. The molecule has 1 saturated heterocycles. The molecule has 30 heavy (non-hydrogen) atoms. The third-order valence-electron chi connectivity index (χ3n) is 4.96. The van der Waals surface area contributed by atoms with E-state index in [0.717, 1.165) is 12.0 Å². The van der Waals surface area contributed by atoms with Crippen LogP contribution in [0.5, 0.6) is 11.5 Å². The van der Waals surface area contributed by atoms with Crippen LogP contribution in [0.3, 0.4) is 0 Å². The summed E-state index contributed by atoms with van der Waals surface area (Å²) < 4.78 is 43.4. The van der Waals surface area contributed by atoms with Gasteiger partial charge < -0.3 is 14.2 Å². The molecule has 0 N–H and O–H groups in total. The molecule has 0 unspecified atom stereocenters. The third kappa shape index (κ3) is 4.40. The Morgan fingerprint density at radius 1 is 0.933 bits per heavy atom. The van der Waals surface area contributed by atoms with Gasteiger partial charge in [0.05, 0.1) is 31.3 Å². The van der Waals surface area contributed by atoms with Gasteiger partial charge in [0.15, 0.2) is 17.3 Å². The largest absolute Gasteiger partial charge is 0.490 e. The third-order valence-corrected chi connectivity index (χ3v) is 6.88. The molecule has 0 aliphatic carbocycles. The van der Waals surface area contributed by atoms with E-state index in [-0.39, 0.29) is 10.7 Å². The smallest absolute Gasteiger partial charge is 0.243 e. The van der Waals surface area contributed by atoms with Crippen LogP contribution in [0.4, 0.5) is 0 Å². The van der Waals surface area contributed by atoms with Gasteiger partial charge in [-0.1, -0.05) is 12.1 Å². The minimum absolute atomic E-state index is 0.170. The topological polar surface area (TPSA) is 82.1 Å². The van der Waals surface area contributed by atoms with E-state index in [1.54, 1.807) is 6.08 Å². The molecule has 2 aromatic rings. The van der Waals surface area contributed by atoms with Crippen LogP contribution in [-0.2, 0) is 14.8 Å². The Kier molecular flexibility index (Phi) is 6.17. The van der Waals surface area contributed by atoms with Crippen LogP contribution in [0.2, 0.25) is 0 Å². The molecule has 2 aromatic carbocycles. The van der Waals surface area contributed by atoms with Crippen LogP contribution >= 0.6 is 0 Å². The van der Waals surface area contributed by atoms with E-state index in [9.17, 15) is 13.2 Å². The Hall–Kier alpha value is -2.68. The molecule has 1 fully saturated rings. The SMILES string of the molecule is O=C(/C=C/c1cccc2c1OCCCO2)c1ccc(S(=O)(=O)N2CCOCC2)cc1. The van der Waals surface area contributed by atoms with Gasteiger partial charge in [-0.2, -0.15) is 4.31 Å². The number of sulfonamides is 1. The number of rotatable bonds is 5. The van der Waals surface area contributed by atoms with E-state index in [1.165, 1.54) is 34.6 Å². The summed E-state index contributed by atoms with van der Waals surface area (Å²) in [6.07, 6.45) is 3.94. The van der Waals surface area contributed by atoms with Crippen molar-refractivity contribution in [3.8, 4) is 11.5 Å². The molecule has 4 rings (SSSR count). The van der Waals surface area contributed by atoms with E-state index in [1.807, 2.05) is 18.2 Å². The number of hydrogen-bond acceptors (Lipinski definition) is 6. The van der Waals surface area contributed by atoms with E-state index in [4.69, 9.17) is 14.2 Å². The van der Waals surface area contributed by atoms with E-state index in [2.05, 4.69) is 0 Å². The first-order valence-corrected chi connectivity index (χ1v) is 11.3. The second kappa shape index (κ2) is 8.99. The number of ketones is 1. The summed E-state index contributed by atoms with van der Waals surface area (Å²) in [5.41, 5.74) is 1.17. The highest BCUT2D eigenvalue weighted by Crippen LogP contribution is 2.34. The van der Waals surface area contributed by atoms with Crippen molar-refractivity contribution in [2.75, 3.05) is 39.5 Å². The summed E-state index contributed by atoms with van der Waals surface area (Å²) in [5, 5.41) is 0. The Labute approximate surface area is 175 Å². The van der Waals surface area contributed by atoms with E-state index < -0.39 is 10.0 Å². The predicted octanol–water partition coefficient (Wildman–Crippen LogP) is 2.76. The molecule has 0 amide bonds. The Morgan fingerprint density at radius 3 is 2.43 bits per heavy atom. The number of hydrogen-bond donors (Lipinski definition) is 0. The molecule has 158 valence electrons. The Balaban J connectivity index is 1.50. The predicted molar refractivity (Wildman–Crippen MR) is 111 cm³/mol. The fourth-order valence-corrected chi connectivity index (χ4v) is 4.74. The highest BCUT2D eigenvalue weighted by atomic mass is 32.2. The molecule has 7 nitrogen and oxygen atoms in total. The lowest BCUT2D eigenvalue weighted by Gasteiger charge is -2.26. The maximum absolute atomic E-state index is 12.7. The van der Waals surface area contributed by atoms with Gasteiger partial charge in [0.25, 0.3) is 0 Å². The zero-order valence-corrected chi connectivity index (χ0v) is 17.3. The van der Waals surface area contributed by atoms with Crippen molar-refractivity contribution in [2.45, 2.75) is 11.3 Å². The lowest BCUT2D eigenvalue weighted by molar-refractivity contribution is 0.0730. The van der Waals surface area contributed by atoms with Crippen LogP contribution in [0.1, 0.15) is 22.3 Å². The lowest BCUT2D eigenvalue weighted by Crippen LogP contribution is -2.40. The molecular weight excluding hydrogens is 406 g/mol. The molecular formula is C22H23NO6S. The molecule has 0 atom stereocenters. The number of morpholine rings is 1. The normalized spacial score (nSPS) is 17.6. The maximum atomic E-state index is 12.7. The number of para-hydroxylation sites is 1. The van der Waals surface area contributed by atoms with Gasteiger partial charge in [0, 0.05) is 30.6 Å². The van der Waals surface area contributed by atoms with Crippen molar-refractivity contribution in [3.05, 3.63) is 59.7 Å². The van der Waals surface area contributed by atoms with Gasteiger partial charge in [-0.3, -0.25) is 4.79 Å². The van der Waals surface area contributed by atoms with Crippen LogP contribution in [0.15, 0.2) is 53.4 Å². The summed E-state index contributed by atoms with van der Waals surface area (Å²) >= 11 is 0. The molecule has 0 aromatic heterocycles. The number of ether oxygens (including phenoxy) is 3. The molecule has 2 aliphatic heterocycles. The van der Waals surface area contributed by atoms with Crippen molar-refractivity contribution in [1.29, 1.82) is 0 Å². The van der Waals surface area contributed by atoms with Gasteiger partial charge in [-0.15, -0.1) is 0 Å². The summed E-state index contributed by atoms with van der Waals surface area (Å²) in [5.74, 6) is 1.07. The van der Waals surface area contributed by atoms with Crippen molar-refractivity contribution in [2.24, 2.45) is 0 Å². The van der Waals surface area contributed by atoms with Crippen LogP contribution < -0.4 is 9.47 Å². The minimum atomic E-state index is -3.58. The summed E-state index contributed by atoms with van der Waals surface area (Å²) in [7, 11) is -3.58. The summed E-state index contributed by atoms with van der Waals surface area (Å²) in [4.78, 5) is 12.8. The molecule has 0 bridgehead atoms. The standard InChI is InChI=1S/C22H23NO6S/c24-20(10-7-18-3-1-4-21-22(18)29-14-2-13-28-21)17-5-8-19(9-6-17)30(25,26)23-11-15-27-16-12-23/h1,3-10H,2,11-16H2/b10-7+. The molecule has 0 radical (unpaired) electrons. The lowest BCUT2D eigenvalue weighted by atomic mass is 10.1. The fourth-order valence-electron chi connectivity index (χ4n) is 3.34. The van der Waals surface area contributed by atoms with Gasteiger partial charge in [0.2, 0.25) is 10.0 Å². The van der Waals surface area contributed by atoms with Crippen molar-refractivity contribution in [3.63, 3.8) is 0 Å². The quantitative estimate of drug-likeness (QED) is 0.537. The zero-order chi connectivity index (χ0) is 21.0. The highest BCUT2D eigenvalue weighted by Gasteiger charge is 2.26. The second-order valence-electron chi connectivity index (χ2n) is 6.96. The van der Waals surface area contributed by atoms with Crippen LogP contribution in [0, 0.1) is 0 Å². The molecule has 0 saturated carbocycles. The van der Waals surface area contributed by atoms with Crippen LogP contribution in [0.25, 0.3) is 6.08 Å². The van der Waals surface area contributed by atoms with Gasteiger partial charge in [-0.25, -0.2) is 8.42 Å². The Bertz CT molecular complexity index is 1040. The van der Waals surface area contributed by atoms with E-state index in [0.29, 0.717) is 56.6 Å². The number of fused-ring (bicyclic) bond motifs is 1. The summed E-state index contributed by atoms with van der Waals surface area (Å²) in [6.45, 7) is 2.60. The van der Waals surface area contributed by atoms with Crippen molar-refractivity contribution >= 4 is 21.9 Å².